The summed E-state index contributed by atoms with van der Waals surface area (Å²) in [4.78, 5) is 11.7. The number of nitrogens with one attached hydrogen (secondary N) is 1. The normalized spacial score (nSPS) is 10.3. The van der Waals surface area contributed by atoms with Crippen molar-refractivity contribution >= 4 is 11.6 Å². The quantitative estimate of drug-likeness (QED) is 0.850. The zero-order valence-corrected chi connectivity index (χ0v) is 10.2. The van der Waals surface area contributed by atoms with Crippen LogP contribution in [0, 0.1) is 17.5 Å². The first-order valence-electron chi connectivity index (χ1n) is 5.68. The fourth-order valence-electron chi connectivity index (χ4n) is 1.62. The van der Waals surface area contributed by atoms with Crippen LogP contribution >= 0.6 is 0 Å². The maximum absolute atomic E-state index is 13.1. The SMILES string of the molecule is O=C(Cc1ccc(F)c(F)c1)Nc1ccc(O)c(F)c1. The van der Waals surface area contributed by atoms with Crippen molar-refractivity contribution in [2.75, 3.05) is 5.32 Å². The van der Waals surface area contributed by atoms with Gasteiger partial charge in [-0.15, -0.1) is 0 Å². The summed E-state index contributed by atoms with van der Waals surface area (Å²) in [7, 11) is 0. The molecule has 0 aromatic heterocycles. The highest BCUT2D eigenvalue weighted by Crippen LogP contribution is 2.19. The minimum absolute atomic E-state index is 0.160. The second-order valence-electron chi connectivity index (χ2n) is 4.14. The van der Waals surface area contributed by atoms with Gasteiger partial charge in [0.25, 0.3) is 0 Å². The number of carbonyl (C=O) groups is 1. The molecule has 2 aromatic carbocycles. The van der Waals surface area contributed by atoms with E-state index >= 15 is 0 Å². The molecule has 2 aromatic rings. The van der Waals surface area contributed by atoms with Gasteiger partial charge in [-0.1, -0.05) is 6.07 Å². The Morgan fingerprint density at radius 3 is 2.40 bits per heavy atom. The molecule has 2 N–H and O–H groups in total. The molecule has 0 aliphatic carbocycles. The van der Waals surface area contributed by atoms with E-state index in [-0.39, 0.29) is 12.1 Å². The van der Waals surface area contributed by atoms with Gasteiger partial charge in [0.15, 0.2) is 23.2 Å². The Morgan fingerprint density at radius 2 is 1.75 bits per heavy atom. The number of halogens is 3. The van der Waals surface area contributed by atoms with Gasteiger partial charge in [-0.25, -0.2) is 13.2 Å². The third-order valence-electron chi connectivity index (χ3n) is 2.58. The summed E-state index contributed by atoms with van der Waals surface area (Å²) in [6.45, 7) is 0. The van der Waals surface area contributed by atoms with E-state index in [2.05, 4.69) is 5.32 Å². The standard InChI is InChI=1S/C14H10F3NO2/c15-10-3-1-8(5-11(10)16)6-14(20)18-9-2-4-13(19)12(17)7-9/h1-5,7,19H,6H2,(H,18,20). The van der Waals surface area contributed by atoms with Crippen molar-refractivity contribution in [3.05, 3.63) is 59.4 Å². The van der Waals surface area contributed by atoms with Crippen molar-refractivity contribution in [3.8, 4) is 5.75 Å². The monoisotopic (exact) mass is 281 g/mol. The molecular formula is C14H10F3NO2. The summed E-state index contributed by atoms with van der Waals surface area (Å²) < 4.78 is 38.8. The van der Waals surface area contributed by atoms with Gasteiger partial charge < -0.3 is 10.4 Å². The lowest BCUT2D eigenvalue weighted by Gasteiger charge is -2.06. The van der Waals surface area contributed by atoms with E-state index in [4.69, 9.17) is 5.11 Å². The van der Waals surface area contributed by atoms with E-state index in [0.717, 1.165) is 24.3 Å². The second-order valence-corrected chi connectivity index (χ2v) is 4.14. The van der Waals surface area contributed by atoms with Gasteiger partial charge >= 0.3 is 0 Å². The molecule has 104 valence electrons. The van der Waals surface area contributed by atoms with Crippen LogP contribution in [0.5, 0.6) is 5.75 Å². The lowest BCUT2D eigenvalue weighted by atomic mass is 10.1. The van der Waals surface area contributed by atoms with Gasteiger partial charge in [-0.05, 0) is 29.8 Å². The largest absolute Gasteiger partial charge is 0.505 e. The van der Waals surface area contributed by atoms with Gasteiger partial charge in [0, 0.05) is 11.8 Å². The van der Waals surface area contributed by atoms with Crippen LogP contribution < -0.4 is 5.32 Å². The Hall–Kier alpha value is -2.50. The average Bonchev–Trinajstić information content (AvgIpc) is 2.38. The minimum atomic E-state index is -1.04. The van der Waals surface area contributed by atoms with Crippen LogP contribution in [0.25, 0.3) is 0 Å². The number of hydrogen-bond donors (Lipinski definition) is 2. The van der Waals surface area contributed by atoms with Crippen LogP contribution in [0.3, 0.4) is 0 Å². The summed E-state index contributed by atoms with van der Waals surface area (Å²) in [6.07, 6.45) is -0.181. The highest BCUT2D eigenvalue weighted by Gasteiger charge is 2.09. The maximum Gasteiger partial charge on any atom is 0.228 e. The lowest BCUT2D eigenvalue weighted by molar-refractivity contribution is -0.115. The smallest absolute Gasteiger partial charge is 0.228 e. The first-order valence-corrected chi connectivity index (χ1v) is 5.68. The molecule has 0 aliphatic heterocycles. The van der Waals surface area contributed by atoms with Crippen LogP contribution in [0.4, 0.5) is 18.9 Å². The molecule has 6 heteroatoms. The highest BCUT2D eigenvalue weighted by molar-refractivity contribution is 5.92. The molecule has 20 heavy (non-hydrogen) atoms. The molecule has 1 amide bonds. The van der Waals surface area contributed by atoms with E-state index in [1.54, 1.807) is 0 Å². The molecular weight excluding hydrogens is 271 g/mol. The van der Waals surface area contributed by atoms with Crippen molar-refractivity contribution in [1.82, 2.24) is 0 Å². The van der Waals surface area contributed by atoms with Gasteiger partial charge in [-0.2, -0.15) is 0 Å². The first kappa shape index (κ1) is 13.9. The number of rotatable bonds is 3. The molecule has 0 spiro atoms. The van der Waals surface area contributed by atoms with E-state index in [9.17, 15) is 18.0 Å². The van der Waals surface area contributed by atoms with Crippen molar-refractivity contribution in [2.24, 2.45) is 0 Å². The zero-order chi connectivity index (χ0) is 14.7. The molecule has 3 nitrogen and oxygen atoms in total. The number of hydrogen-bond acceptors (Lipinski definition) is 2. The summed E-state index contributed by atoms with van der Waals surface area (Å²) >= 11 is 0. The van der Waals surface area contributed by atoms with Gasteiger partial charge in [0.05, 0.1) is 6.42 Å². The second kappa shape index (κ2) is 5.64. The Bertz CT molecular complexity index is 603. The summed E-state index contributed by atoms with van der Waals surface area (Å²) in [5.74, 6) is -3.93. The molecule has 0 heterocycles. The molecule has 0 atom stereocenters. The third-order valence-corrected chi connectivity index (χ3v) is 2.58. The Kier molecular flexibility index (Phi) is 3.93. The van der Waals surface area contributed by atoms with Crippen molar-refractivity contribution < 1.29 is 23.1 Å². The summed E-state index contributed by atoms with van der Waals surface area (Å²) in [6, 6.07) is 6.52. The van der Waals surface area contributed by atoms with Crippen LogP contribution in [-0.4, -0.2) is 11.0 Å². The molecule has 0 aliphatic rings. The van der Waals surface area contributed by atoms with E-state index < -0.39 is 29.1 Å². The Morgan fingerprint density at radius 1 is 1.00 bits per heavy atom. The molecule has 0 saturated heterocycles. The molecule has 0 unspecified atom stereocenters. The highest BCUT2D eigenvalue weighted by atomic mass is 19.2. The van der Waals surface area contributed by atoms with E-state index in [0.29, 0.717) is 5.56 Å². The third kappa shape index (κ3) is 3.28. The molecule has 0 saturated carbocycles. The predicted molar refractivity (Wildman–Crippen MR) is 66.8 cm³/mol. The summed E-state index contributed by atoms with van der Waals surface area (Å²) in [5, 5.41) is 11.4. The van der Waals surface area contributed by atoms with E-state index in [1.807, 2.05) is 0 Å². The first-order chi connectivity index (χ1) is 9.45. The number of benzene rings is 2. The molecule has 0 bridgehead atoms. The number of carbonyl (C=O) groups excluding carboxylic acids is 1. The van der Waals surface area contributed by atoms with Gasteiger partial charge in [0.2, 0.25) is 5.91 Å². The zero-order valence-electron chi connectivity index (χ0n) is 10.2. The van der Waals surface area contributed by atoms with Gasteiger partial charge in [-0.3, -0.25) is 4.79 Å². The van der Waals surface area contributed by atoms with Crippen molar-refractivity contribution in [2.45, 2.75) is 6.42 Å². The Labute approximate surface area is 112 Å². The maximum atomic E-state index is 13.1. The Balaban J connectivity index is 2.04. The van der Waals surface area contributed by atoms with Crippen LogP contribution in [0.2, 0.25) is 0 Å². The molecule has 0 fully saturated rings. The fraction of sp³-hybridized carbons (Fsp3) is 0.0714. The average molecular weight is 281 g/mol. The van der Waals surface area contributed by atoms with Crippen LogP contribution in [0.15, 0.2) is 36.4 Å². The van der Waals surface area contributed by atoms with Gasteiger partial charge in [0.1, 0.15) is 0 Å². The number of aromatic hydroxyl groups is 1. The molecule has 0 radical (unpaired) electrons. The van der Waals surface area contributed by atoms with Crippen molar-refractivity contribution in [1.29, 1.82) is 0 Å². The predicted octanol–water partition coefficient (Wildman–Crippen LogP) is 2.99. The van der Waals surface area contributed by atoms with Crippen LogP contribution in [-0.2, 0) is 11.2 Å². The minimum Gasteiger partial charge on any atom is -0.505 e. The number of amides is 1. The number of anilines is 1. The lowest BCUT2D eigenvalue weighted by Crippen LogP contribution is -2.14. The summed E-state index contributed by atoms with van der Waals surface area (Å²) in [5.41, 5.74) is 0.452. The number of phenolic OH excluding ortho intramolecular Hbond substituents is 1. The van der Waals surface area contributed by atoms with E-state index in [1.165, 1.54) is 12.1 Å². The topological polar surface area (TPSA) is 49.3 Å². The van der Waals surface area contributed by atoms with Crippen LogP contribution in [0.1, 0.15) is 5.56 Å². The molecule has 2 rings (SSSR count). The fourth-order valence-corrected chi connectivity index (χ4v) is 1.62. The van der Waals surface area contributed by atoms with Crippen molar-refractivity contribution in [3.63, 3.8) is 0 Å². The number of phenols is 1.